The van der Waals surface area contributed by atoms with Gasteiger partial charge in [-0.15, -0.1) is 0 Å². The molecule has 24 heavy (non-hydrogen) atoms. The van der Waals surface area contributed by atoms with E-state index in [0.717, 1.165) is 14.8 Å². The average Bonchev–Trinajstić information content (AvgIpc) is 2.45. The first-order valence-corrected chi connectivity index (χ1v) is 10.6. The molecule has 0 fully saturated rings. The Labute approximate surface area is 166 Å². The molecule has 0 saturated heterocycles. The van der Waals surface area contributed by atoms with Crippen LogP contribution in [0.4, 0.5) is 0 Å². The first-order valence-electron chi connectivity index (χ1n) is 7.16. The van der Waals surface area contributed by atoms with Gasteiger partial charge in [-0.3, -0.25) is 0 Å². The Bertz CT molecular complexity index is 865. The Morgan fingerprint density at radius 2 is 1.88 bits per heavy atom. The summed E-state index contributed by atoms with van der Waals surface area (Å²) in [6.45, 7) is 5.06. The quantitative estimate of drug-likeness (QED) is 0.453. The van der Waals surface area contributed by atoms with Gasteiger partial charge in [0.15, 0.2) is 9.84 Å². The summed E-state index contributed by atoms with van der Waals surface area (Å²) in [5.41, 5.74) is 2.31. The Kier molecular flexibility index (Phi) is 6.16. The number of rotatable bonds is 4. The van der Waals surface area contributed by atoms with Crippen molar-refractivity contribution in [3.8, 4) is 0 Å². The highest BCUT2D eigenvalue weighted by Gasteiger charge is 2.29. The molecule has 1 aromatic carbocycles. The molecule has 0 spiro atoms. The predicted molar refractivity (Wildman–Crippen MR) is 106 cm³/mol. The van der Waals surface area contributed by atoms with E-state index in [9.17, 15) is 8.42 Å². The third-order valence-corrected chi connectivity index (χ3v) is 7.56. The molecule has 130 valence electrons. The van der Waals surface area contributed by atoms with Crippen molar-refractivity contribution in [3.05, 3.63) is 55.1 Å². The molecule has 1 heterocycles. The fourth-order valence-corrected chi connectivity index (χ4v) is 3.91. The van der Waals surface area contributed by atoms with Crippen LogP contribution in [0.1, 0.15) is 37.6 Å². The second kappa shape index (κ2) is 7.43. The summed E-state index contributed by atoms with van der Waals surface area (Å²) in [4.78, 5) is 8.16. The van der Waals surface area contributed by atoms with E-state index in [1.165, 1.54) is 0 Å². The molecule has 1 aromatic heterocycles. The molecule has 0 unspecified atom stereocenters. The normalized spacial score (nSPS) is 12.4. The summed E-state index contributed by atoms with van der Waals surface area (Å²) in [5, 5.41) is 0.636. The van der Waals surface area contributed by atoms with Crippen LogP contribution in [0.5, 0.6) is 0 Å². The van der Waals surface area contributed by atoms with Crippen LogP contribution in [0, 0.1) is 3.57 Å². The van der Waals surface area contributed by atoms with Crippen LogP contribution in [0.15, 0.2) is 24.4 Å². The largest absolute Gasteiger partial charge is 0.228 e. The minimum atomic E-state index is -3.31. The molecule has 0 atom stereocenters. The van der Waals surface area contributed by atoms with Gasteiger partial charge in [0.1, 0.15) is 0 Å². The van der Waals surface area contributed by atoms with Gasteiger partial charge in [-0.05, 0) is 72.2 Å². The smallest absolute Gasteiger partial charge is 0.222 e. The van der Waals surface area contributed by atoms with Crippen LogP contribution in [-0.2, 0) is 22.0 Å². The topological polar surface area (TPSA) is 59.9 Å². The second-order valence-electron chi connectivity index (χ2n) is 6.41. The van der Waals surface area contributed by atoms with Crippen LogP contribution in [0.3, 0.4) is 0 Å². The highest BCUT2D eigenvalue weighted by Crippen LogP contribution is 2.27. The second-order valence-corrected chi connectivity index (χ2v) is 11.1. The molecule has 0 aliphatic rings. The third-order valence-electron chi connectivity index (χ3n) is 3.55. The first-order chi connectivity index (χ1) is 11.0. The van der Waals surface area contributed by atoms with Gasteiger partial charge < -0.3 is 0 Å². The number of halogens is 3. The van der Waals surface area contributed by atoms with Crippen molar-refractivity contribution in [1.29, 1.82) is 0 Å². The zero-order valence-corrected chi connectivity index (χ0v) is 18.0. The fraction of sp³-hybridized carbons (Fsp3) is 0.375. The lowest BCUT2D eigenvalue weighted by molar-refractivity contribution is 0.559. The van der Waals surface area contributed by atoms with Gasteiger partial charge in [-0.25, -0.2) is 18.4 Å². The minimum Gasteiger partial charge on any atom is -0.228 e. The van der Waals surface area contributed by atoms with Crippen molar-refractivity contribution in [2.24, 2.45) is 0 Å². The van der Waals surface area contributed by atoms with Gasteiger partial charge >= 0.3 is 0 Å². The summed E-state index contributed by atoms with van der Waals surface area (Å²) in [6.07, 6.45) is 2.19. The van der Waals surface area contributed by atoms with E-state index in [-0.39, 0.29) is 11.0 Å². The molecule has 0 N–H and O–H groups in total. The predicted octanol–water partition coefficient (Wildman–Crippen LogP) is 4.69. The van der Waals surface area contributed by atoms with Gasteiger partial charge in [-0.2, -0.15) is 0 Å². The molecule has 8 heteroatoms. The lowest BCUT2D eigenvalue weighted by atomic mass is 10.1. The van der Waals surface area contributed by atoms with E-state index in [4.69, 9.17) is 23.2 Å². The summed E-state index contributed by atoms with van der Waals surface area (Å²) in [7, 11) is -3.31. The minimum absolute atomic E-state index is 0.0925. The van der Waals surface area contributed by atoms with Crippen molar-refractivity contribution in [2.75, 3.05) is 0 Å². The number of hydrogen-bond donors (Lipinski definition) is 0. The molecule has 0 aliphatic carbocycles. The third kappa shape index (κ3) is 4.80. The van der Waals surface area contributed by atoms with E-state index >= 15 is 0 Å². The van der Waals surface area contributed by atoms with Gasteiger partial charge in [0.2, 0.25) is 5.28 Å². The maximum absolute atomic E-state index is 12.4. The van der Waals surface area contributed by atoms with Crippen molar-refractivity contribution in [2.45, 2.75) is 37.7 Å². The van der Waals surface area contributed by atoms with E-state index in [0.29, 0.717) is 17.0 Å². The lowest BCUT2D eigenvalue weighted by Gasteiger charge is -2.20. The summed E-state index contributed by atoms with van der Waals surface area (Å²) in [5.74, 6) is -0.0925. The highest BCUT2D eigenvalue weighted by molar-refractivity contribution is 14.1. The van der Waals surface area contributed by atoms with E-state index in [2.05, 4.69) is 32.6 Å². The molecule has 0 aliphatic heterocycles. The Morgan fingerprint density at radius 1 is 1.21 bits per heavy atom. The van der Waals surface area contributed by atoms with Gasteiger partial charge in [0.25, 0.3) is 0 Å². The maximum Gasteiger partial charge on any atom is 0.222 e. The Balaban J connectivity index is 2.34. The van der Waals surface area contributed by atoms with Gasteiger partial charge in [-0.1, -0.05) is 23.7 Å². The fourth-order valence-electron chi connectivity index (χ4n) is 1.97. The molecule has 0 amide bonds. The van der Waals surface area contributed by atoms with Gasteiger partial charge in [0.05, 0.1) is 19.8 Å². The summed E-state index contributed by atoms with van der Waals surface area (Å²) >= 11 is 14.2. The number of benzene rings is 1. The van der Waals surface area contributed by atoms with E-state index < -0.39 is 14.6 Å². The molecule has 0 saturated carbocycles. The SMILES string of the molecule is CC(C)(C)S(=O)(=O)Cc1cc(Cc2nc(Cl)ncc2I)ccc1Cl. The molecule has 0 bridgehead atoms. The standard InChI is InChI=1S/C16H17Cl2IN2O2S/c1-16(2,3)24(22,23)9-11-6-10(4-5-12(11)17)7-14-13(19)8-20-15(18)21-14/h4-6,8H,7,9H2,1-3H3. The molecule has 0 radical (unpaired) electrons. The Hall–Kier alpha value is -0.440. The van der Waals surface area contributed by atoms with Crippen molar-refractivity contribution in [3.63, 3.8) is 0 Å². The number of hydrogen-bond acceptors (Lipinski definition) is 4. The van der Waals surface area contributed by atoms with Gasteiger partial charge in [0, 0.05) is 17.6 Å². The molecule has 2 rings (SSSR count). The van der Waals surface area contributed by atoms with E-state index in [1.54, 1.807) is 33.0 Å². The van der Waals surface area contributed by atoms with Crippen LogP contribution in [-0.4, -0.2) is 23.1 Å². The number of sulfone groups is 1. The first kappa shape index (κ1) is 19.9. The van der Waals surface area contributed by atoms with E-state index in [1.807, 2.05) is 12.1 Å². The van der Waals surface area contributed by atoms with Crippen LogP contribution in [0.25, 0.3) is 0 Å². The van der Waals surface area contributed by atoms with Crippen LogP contribution < -0.4 is 0 Å². The molecular weight excluding hydrogens is 482 g/mol. The van der Waals surface area contributed by atoms with Crippen molar-refractivity contribution < 1.29 is 8.42 Å². The summed E-state index contributed by atoms with van der Waals surface area (Å²) < 4.78 is 25.0. The Morgan fingerprint density at radius 3 is 2.50 bits per heavy atom. The number of aromatic nitrogens is 2. The average molecular weight is 499 g/mol. The maximum atomic E-state index is 12.4. The van der Waals surface area contributed by atoms with Crippen LogP contribution in [0.2, 0.25) is 10.3 Å². The number of nitrogens with zero attached hydrogens (tertiary/aromatic N) is 2. The zero-order valence-electron chi connectivity index (χ0n) is 13.5. The zero-order chi connectivity index (χ0) is 18.1. The molecule has 4 nitrogen and oxygen atoms in total. The summed E-state index contributed by atoms with van der Waals surface area (Å²) in [6, 6.07) is 5.40. The molecule has 2 aromatic rings. The van der Waals surface area contributed by atoms with Crippen molar-refractivity contribution >= 4 is 55.6 Å². The van der Waals surface area contributed by atoms with Crippen LogP contribution >= 0.6 is 45.8 Å². The monoisotopic (exact) mass is 498 g/mol. The van der Waals surface area contributed by atoms with Crippen molar-refractivity contribution in [1.82, 2.24) is 9.97 Å². The molecular formula is C16H17Cl2IN2O2S. The highest BCUT2D eigenvalue weighted by atomic mass is 127. The lowest BCUT2D eigenvalue weighted by Crippen LogP contribution is -2.29.